The lowest BCUT2D eigenvalue weighted by Gasteiger charge is -2.09. The Kier molecular flexibility index (Phi) is 16.4. The second-order valence-corrected chi connectivity index (χ2v) is 11.1. The average Bonchev–Trinajstić information content (AvgIpc) is 3.57. The molecule has 1 heterocycles. The summed E-state index contributed by atoms with van der Waals surface area (Å²) < 4.78 is 10.9. The molecule has 6 heteroatoms. The van der Waals surface area contributed by atoms with Gasteiger partial charge in [0.1, 0.15) is 12.0 Å². The molecule has 0 atom stereocenters. The Labute approximate surface area is 264 Å². The molecule has 0 unspecified atom stereocenters. The molecule has 2 N–H and O–H groups in total. The number of hydrogen-bond acceptors (Lipinski definition) is 5. The van der Waals surface area contributed by atoms with Crippen molar-refractivity contribution in [1.82, 2.24) is 15.6 Å². The van der Waals surface area contributed by atoms with E-state index in [9.17, 15) is 4.79 Å². The number of amides is 1. The predicted molar refractivity (Wildman–Crippen MR) is 182 cm³/mol. The molecular weight excluding hydrogens is 546 g/mol. The van der Waals surface area contributed by atoms with E-state index in [-0.39, 0.29) is 5.91 Å². The number of ether oxygens (including phenoxy) is 1. The molecule has 0 spiro atoms. The van der Waals surface area contributed by atoms with Crippen LogP contribution in [-0.2, 0) is 0 Å². The van der Waals surface area contributed by atoms with Crippen LogP contribution in [-0.4, -0.2) is 37.1 Å². The third kappa shape index (κ3) is 13.6. The highest BCUT2D eigenvalue weighted by Gasteiger charge is 2.08. The van der Waals surface area contributed by atoms with Gasteiger partial charge in [0.05, 0.1) is 12.8 Å². The third-order valence-electron chi connectivity index (χ3n) is 7.42. The number of hydrogen-bond donors (Lipinski definition) is 2. The lowest BCUT2D eigenvalue weighted by atomic mass is 10.0. The number of allylic oxidation sites excluding steroid dienone is 5. The normalized spacial score (nSPS) is 15.1. The standard InChI is InChI=1S/C25H31N3O2.C13H20O/c1-2-20-7-3-4-8-21(12-11-20)13-16-26-14-6-15-27-24(29)22-9-5-10-23(19-22)25-28-17-18-30-25;1-3-4-5-6-10-14-13-9-7-8-12(2)11-13/h4-5,7-10,12,17-19,26H,2-3,6,11,13-16H2,1H3,(H,27,29);7-9,11H,3-6,10H2,1-2H3/b8-4?,20-7-,21-12+;. The van der Waals surface area contributed by atoms with Gasteiger partial charge in [-0.1, -0.05) is 86.8 Å². The van der Waals surface area contributed by atoms with Gasteiger partial charge in [0.25, 0.3) is 5.91 Å². The maximum absolute atomic E-state index is 12.4. The van der Waals surface area contributed by atoms with E-state index in [1.54, 1.807) is 18.3 Å². The summed E-state index contributed by atoms with van der Waals surface area (Å²) in [6.07, 6.45) is 22.5. The van der Waals surface area contributed by atoms with Crippen molar-refractivity contribution in [3.8, 4) is 17.2 Å². The molecule has 0 bridgehead atoms. The summed E-state index contributed by atoms with van der Waals surface area (Å²) in [6, 6.07) is 15.6. The van der Waals surface area contributed by atoms with Crippen LogP contribution in [0.1, 0.15) is 87.6 Å². The van der Waals surface area contributed by atoms with Gasteiger partial charge in [-0.25, -0.2) is 4.98 Å². The summed E-state index contributed by atoms with van der Waals surface area (Å²) in [6.45, 7) is 9.86. The van der Waals surface area contributed by atoms with Crippen molar-refractivity contribution >= 4 is 5.91 Å². The van der Waals surface area contributed by atoms with Gasteiger partial charge in [0, 0.05) is 17.7 Å². The molecule has 0 saturated carbocycles. The zero-order valence-electron chi connectivity index (χ0n) is 26.9. The van der Waals surface area contributed by atoms with Crippen LogP contribution in [0.25, 0.3) is 11.5 Å². The Morgan fingerprint density at radius 2 is 1.86 bits per heavy atom. The molecule has 0 saturated heterocycles. The lowest BCUT2D eigenvalue weighted by molar-refractivity contribution is 0.0953. The first-order chi connectivity index (χ1) is 21.6. The smallest absolute Gasteiger partial charge is 0.251 e. The van der Waals surface area contributed by atoms with E-state index in [4.69, 9.17) is 9.15 Å². The number of carbonyl (C=O) groups is 1. The minimum Gasteiger partial charge on any atom is -0.494 e. The van der Waals surface area contributed by atoms with Gasteiger partial charge in [0.15, 0.2) is 0 Å². The Hall–Kier alpha value is -3.90. The van der Waals surface area contributed by atoms with Crippen molar-refractivity contribution in [2.45, 2.75) is 78.6 Å². The summed E-state index contributed by atoms with van der Waals surface area (Å²) in [7, 11) is 0. The lowest BCUT2D eigenvalue weighted by Crippen LogP contribution is -2.27. The maximum atomic E-state index is 12.4. The molecule has 6 nitrogen and oxygen atoms in total. The summed E-state index contributed by atoms with van der Waals surface area (Å²) in [4.78, 5) is 16.5. The monoisotopic (exact) mass is 597 g/mol. The SMILES string of the molecule is CC/C1=C/CC=C/C(CCNCCCNC(=O)c2cccc(-c3ncco3)c2)=C\C1.CCCCCCOc1cccc(C)c1. The molecule has 3 aromatic rings. The highest BCUT2D eigenvalue weighted by Crippen LogP contribution is 2.19. The molecule has 0 aliphatic heterocycles. The van der Waals surface area contributed by atoms with Crippen LogP contribution in [0.3, 0.4) is 0 Å². The van der Waals surface area contributed by atoms with Crippen LogP contribution in [0.5, 0.6) is 5.75 Å². The largest absolute Gasteiger partial charge is 0.494 e. The van der Waals surface area contributed by atoms with Crippen LogP contribution in [0.2, 0.25) is 0 Å². The van der Waals surface area contributed by atoms with Crippen LogP contribution >= 0.6 is 0 Å². The molecular formula is C38H51N3O3. The van der Waals surface area contributed by atoms with Crippen molar-refractivity contribution < 1.29 is 13.9 Å². The van der Waals surface area contributed by atoms with Gasteiger partial charge < -0.3 is 19.8 Å². The zero-order valence-corrected chi connectivity index (χ0v) is 26.9. The number of carbonyl (C=O) groups excluding carboxylic acids is 1. The molecule has 44 heavy (non-hydrogen) atoms. The number of aryl methyl sites for hydroxylation is 1. The highest BCUT2D eigenvalue weighted by molar-refractivity contribution is 5.95. The number of benzene rings is 2. The van der Waals surface area contributed by atoms with Crippen molar-refractivity contribution in [1.29, 1.82) is 0 Å². The van der Waals surface area contributed by atoms with E-state index in [1.807, 2.05) is 24.3 Å². The molecule has 1 aliphatic rings. The van der Waals surface area contributed by atoms with E-state index in [1.165, 1.54) is 48.7 Å². The minimum absolute atomic E-state index is 0.0759. The summed E-state index contributed by atoms with van der Waals surface area (Å²) in [5, 5.41) is 6.45. The highest BCUT2D eigenvalue weighted by atomic mass is 16.5. The fourth-order valence-corrected chi connectivity index (χ4v) is 4.80. The fraction of sp³-hybridized carbons (Fsp3) is 0.421. The second-order valence-electron chi connectivity index (χ2n) is 11.1. The van der Waals surface area contributed by atoms with Crippen LogP contribution in [0.15, 0.2) is 101 Å². The minimum atomic E-state index is -0.0759. The number of nitrogens with zero attached hydrogens (tertiary/aromatic N) is 1. The molecule has 0 radical (unpaired) electrons. The van der Waals surface area contributed by atoms with Gasteiger partial charge in [-0.15, -0.1) is 0 Å². The Bertz CT molecular complexity index is 1320. The number of aromatic nitrogens is 1. The van der Waals surface area contributed by atoms with E-state index in [2.05, 4.69) is 72.8 Å². The van der Waals surface area contributed by atoms with E-state index >= 15 is 0 Å². The van der Waals surface area contributed by atoms with E-state index < -0.39 is 0 Å². The van der Waals surface area contributed by atoms with Crippen LogP contribution < -0.4 is 15.4 Å². The Morgan fingerprint density at radius 3 is 2.66 bits per heavy atom. The maximum Gasteiger partial charge on any atom is 0.251 e. The summed E-state index contributed by atoms with van der Waals surface area (Å²) >= 11 is 0. The third-order valence-corrected chi connectivity index (χ3v) is 7.42. The van der Waals surface area contributed by atoms with Gasteiger partial charge in [-0.2, -0.15) is 0 Å². The van der Waals surface area contributed by atoms with Crippen molar-refractivity contribution in [3.05, 3.63) is 108 Å². The van der Waals surface area contributed by atoms with Crippen molar-refractivity contribution in [2.75, 3.05) is 26.2 Å². The predicted octanol–water partition coefficient (Wildman–Crippen LogP) is 9.01. The molecule has 2 aromatic carbocycles. The van der Waals surface area contributed by atoms with Crippen molar-refractivity contribution in [2.24, 2.45) is 0 Å². The quantitative estimate of drug-likeness (QED) is 0.127. The van der Waals surface area contributed by atoms with Crippen molar-refractivity contribution in [3.63, 3.8) is 0 Å². The number of unbranched alkanes of at least 4 members (excludes halogenated alkanes) is 3. The van der Waals surface area contributed by atoms with Crippen LogP contribution in [0, 0.1) is 6.92 Å². The molecule has 0 fully saturated rings. The molecule has 236 valence electrons. The zero-order chi connectivity index (χ0) is 31.2. The van der Waals surface area contributed by atoms with Gasteiger partial charge in [-0.3, -0.25) is 4.79 Å². The molecule has 4 rings (SSSR count). The summed E-state index contributed by atoms with van der Waals surface area (Å²) in [5.74, 6) is 1.44. The molecule has 1 amide bonds. The fourth-order valence-electron chi connectivity index (χ4n) is 4.80. The first-order valence-corrected chi connectivity index (χ1v) is 16.3. The topological polar surface area (TPSA) is 76.4 Å². The average molecular weight is 598 g/mol. The Balaban J connectivity index is 0.000000317. The van der Waals surface area contributed by atoms with E-state index in [0.717, 1.165) is 63.1 Å². The Morgan fingerprint density at radius 1 is 0.977 bits per heavy atom. The second kappa shape index (κ2) is 20.9. The number of nitrogens with one attached hydrogen (secondary N) is 2. The molecule has 1 aromatic heterocycles. The number of oxazole rings is 1. The first-order valence-electron chi connectivity index (χ1n) is 16.3. The van der Waals surface area contributed by atoms with Gasteiger partial charge >= 0.3 is 0 Å². The van der Waals surface area contributed by atoms with Gasteiger partial charge in [-0.05, 0) is 94.4 Å². The number of rotatable bonds is 16. The first kappa shape index (κ1) is 34.6. The summed E-state index contributed by atoms with van der Waals surface area (Å²) in [5.41, 5.74) is 5.60. The molecule has 1 aliphatic carbocycles. The van der Waals surface area contributed by atoms with Crippen LogP contribution in [0.4, 0.5) is 0 Å². The van der Waals surface area contributed by atoms with E-state index in [0.29, 0.717) is 18.0 Å². The van der Waals surface area contributed by atoms with Gasteiger partial charge in [0.2, 0.25) is 5.89 Å².